The third kappa shape index (κ3) is 3.08. The number of carbonyl (C=O) groups excluding carboxylic acids is 1. The van der Waals surface area contributed by atoms with Crippen molar-refractivity contribution in [2.75, 3.05) is 11.9 Å². The highest BCUT2D eigenvalue weighted by Crippen LogP contribution is 2.13. The first-order chi connectivity index (χ1) is 8.66. The van der Waals surface area contributed by atoms with Gasteiger partial charge in [-0.2, -0.15) is 0 Å². The van der Waals surface area contributed by atoms with Crippen molar-refractivity contribution in [1.82, 2.24) is 4.98 Å². The Labute approximate surface area is 111 Å². The standard InChI is InChI=1S/C14H13ClN2O/c1-17(13-3-2-8-16-10-13)14(18)9-11-4-6-12(15)7-5-11/h2-8,10H,9H2,1H3. The van der Waals surface area contributed by atoms with Crippen LogP contribution >= 0.6 is 11.6 Å². The van der Waals surface area contributed by atoms with E-state index in [0.717, 1.165) is 11.3 Å². The van der Waals surface area contributed by atoms with Crippen molar-refractivity contribution in [2.45, 2.75) is 6.42 Å². The number of pyridine rings is 1. The quantitative estimate of drug-likeness (QED) is 0.850. The maximum absolute atomic E-state index is 12.1. The van der Waals surface area contributed by atoms with Gasteiger partial charge < -0.3 is 4.90 Å². The van der Waals surface area contributed by atoms with Gasteiger partial charge in [-0.05, 0) is 29.8 Å². The number of likely N-dealkylation sites (N-methyl/N-ethyl adjacent to an activating group) is 1. The number of hydrogen-bond acceptors (Lipinski definition) is 2. The number of carbonyl (C=O) groups is 1. The predicted octanol–water partition coefficient (Wildman–Crippen LogP) is 2.94. The van der Waals surface area contributed by atoms with Crippen LogP contribution in [0.4, 0.5) is 5.69 Å². The maximum atomic E-state index is 12.1. The Morgan fingerprint density at radius 2 is 2.00 bits per heavy atom. The van der Waals surface area contributed by atoms with Crippen LogP contribution in [-0.2, 0) is 11.2 Å². The van der Waals surface area contributed by atoms with Crippen molar-refractivity contribution >= 4 is 23.2 Å². The lowest BCUT2D eigenvalue weighted by Crippen LogP contribution is -2.27. The van der Waals surface area contributed by atoms with Gasteiger partial charge in [0.2, 0.25) is 5.91 Å². The molecule has 0 atom stereocenters. The largest absolute Gasteiger partial charge is 0.314 e. The Kier molecular flexibility index (Phi) is 3.95. The highest BCUT2D eigenvalue weighted by Gasteiger charge is 2.11. The number of aromatic nitrogens is 1. The number of nitrogens with zero attached hydrogens (tertiary/aromatic N) is 2. The fourth-order valence-corrected chi connectivity index (χ4v) is 1.72. The molecule has 1 aromatic carbocycles. The minimum Gasteiger partial charge on any atom is -0.314 e. The molecule has 92 valence electrons. The fraction of sp³-hybridized carbons (Fsp3) is 0.143. The summed E-state index contributed by atoms with van der Waals surface area (Å²) in [6.45, 7) is 0. The first-order valence-electron chi connectivity index (χ1n) is 5.58. The Bertz CT molecular complexity index is 525. The van der Waals surface area contributed by atoms with E-state index in [4.69, 9.17) is 11.6 Å². The number of benzene rings is 1. The molecule has 1 heterocycles. The van der Waals surface area contributed by atoms with Gasteiger partial charge in [-0.1, -0.05) is 23.7 Å². The number of anilines is 1. The van der Waals surface area contributed by atoms with Crippen LogP contribution in [0.5, 0.6) is 0 Å². The molecule has 0 fully saturated rings. The molecule has 0 spiro atoms. The average molecular weight is 261 g/mol. The summed E-state index contributed by atoms with van der Waals surface area (Å²) in [7, 11) is 1.75. The lowest BCUT2D eigenvalue weighted by Gasteiger charge is -2.16. The molecular formula is C14H13ClN2O. The van der Waals surface area contributed by atoms with Gasteiger partial charge in [0.15, 0.2) is 0 Å². The summed E-state index contributed by atoms with van der Waals surface area (Å²) in [5.41, 5.74) is 1.73. The normalized spacial score (nSPS) is 10.1. The molecule has 4 heteroatoms. The van der Waals surface area contributed by atoms with E-state index in [9.17, 15) is 4.79 Å². The molecule has 0 aliphatic rings. The molecular weight excluding hydrogens is 248 g/mol. The smallest absolute Gasteiger partial charge is 0.231 e. The minimum absolute atomic E-state index is 0.0188. The number of rotatable bonds is 3. The van der Waals surface area contributed by atoms with E-state index >= 15 is 0 Å². The monoisotopic (exact) mass is 260 g/mol. The van der Waals surface area contributed by atoms with Crippen LogP contribution in [0.2, 0.25) is 5.02 Å². The Morgan fingerprint density at radius 1 is 1.28 bits per heavy atom. The third-order valence-corrected chi connectivity index (χ3v) is 2.93. The molecule has 2 rings (SSSR count). The summed E-state index contributed by atoms with van der Waals surface area (Å²) >= 11 is 5.80. The molecule has 18 heavy (non-hydrogen) atoms. The maximum Gasteiger partial charge on any atom is 0.231 e. The van der Waals surface area contributed by atoms with Crippen molar-refractivity contribution in [3.8, 4) is 0 Å². The highest BCUT2D eigenvalue weighted by molar-refractivity contribution is 6.30. The molecule has 0 saturated heterocycles. The van der Waals surface area contributed by atoms with Gasteiger partial charge in [0.05, 0.1) is 18.3 Å². The molecule has 2 aromatic rings. The first-order valence-corrected chi connectivity index (χ1v) is 5.95. The van der Waals surface area contributed by atoms with Gasteiger partial charge in [0.25, 0.3) is 0 Å². The van der Waals surface area contributed by atoms with Crippen molar-refractivity contribution in [3.05, 3.63) is 59.4 Å². The summed E-state index contributed by atoms with van der Waals surface area (Å²) < 4.78 is 0. The molecule has 0 saturated carbocycles. The Morgan fingerprint density at radius 3 is 2.61 bits per heavy atom. The van der Waals surface area contributed by atoms with Gasteiger partial charge in [-0.25, -0.2) is 0 Å². The second-order valence-electron chi connectivity index (χ2n) is 3.97. The van der Waals surface area contributed by atoms with Crippen LogP contribution < -0.4 is 4.90 Å². The number of hydrogen-bond donors (Lipinski definition) is 0. The van der Waals surface area contributed by atoms with E-state index in [1.54, 1.807) is 42.5 Å². The van der Waals surface area contributed by atoms with Crippen molar-refractivity contribution < 1.29 is 4.79 Å². The van der Waals surface area contributed by atoms with Crippen LogP contribution in [-0.4, -0.2) is 17.9 Å². The zero-order chi connectivity index (χ0) is 13.0. The summed E-state index contributed by atoms with van der Waals surface area (Å²) in [5.74, 6) is 0.0188. The summed E-state index contributed by atoms with van der Waals surface area (Å²) in [6, 6.07) is 10.9. The molecule has 0 aliphatic carbocycles. The molecule has 0 radical (unpaired) electrons. The molecule has 0 unspecified atom stereocenters. The van der Waals surface area contributed by atoms with Crippen LogP contribution in [0.1, 0.15) is 5.56 Å². The van der Waals surface area contributed by atoms with Crippen LogP contribution in [0.25, 0.3) is 0 Å². The number of halogens is 1. The van der Waals surface area contributed by atoms with Crippen molar-refractivity contribution in [1.29, 1.82) is 0 Å². The summed E-state index contributed by atoms with van der Waals surface area (Å²) in [5, 5.41) is 0.673. The van der Waals surface area contributed by atoms with Gasteiger partial charge in [-0.3, -0.25) is 9.78 Å². The zero-order valence-corrected chi connectivity index (χ0v) is 10.8. The minimum atomic E-state index is 0.0188. The molecule has 1 aromatic heterocycles. The summed E-state index contributed by atoms with van der Waals surface area (Å²) in [4.78, 5) is 17.7. The SMILES string of the molecule is CN(C(=O)Cc1ccc(Cl)cc1)c1cccnc1. The second kappa shape index (κ2) is 5.65. The molecule has 1 amide bonds. The molecule has 0 bridgehead atoms. The van der Waals surface area contributed by atoms with E-state index in [0.29, 0.717) is 11.4 Å². The lowest BCUT2D eigenvalue weighted by atomic mass is 10.1. The van der Waals surface area contributed by atoms with Gasteiger partial charge in [0.1, 0.15) is 0 Å². The van der Waals surface area contributed by atoms with E-state index in [1.807, 2.05) is 18.2 Å². The Balaban J connectivity index is 2.06. The van der Waals surface area contributed by atoms with E-state index in [-0.39, 0.29) is 5.91 Å². The zero-order valence-electron chi connectivity index (χ0n) is 10.0. The second-order valence-corrected chi connectivity index (χ2v) is 4.40. The van der Waals surface area contributed by atoms with Gasteiger partial charge >= 0.3 is 0 Å². The van der Waals surface area contributed by atoms with Crippen LogP contribution in [0.3, 0.4) is 0 Å². The number of amides is 1. The van der Waals surface area contributed by atoms with Crippen molar-refractivity contribution in [2.24, 2.45) is 0 Å². The predicted molar refractivity (Wildman–Crippen MR) is 72.8 cm³/mol. The topological polar surface area (TPSA) is 33.2 Å². The highest BCUT2D eigenvalue weighted by atomic mass is 35.5. The molecule has 0 aliphatic heterocycles. The van der Waals surface area contributed by atoms with Gasteiger partial charge in [-0.15, -0.1) is 0 Å². The third-order valence-electron chi connectivity index (χ3n) is 2.68. The van der Waals surface area contributed by atoms with Crippen LogP contribution in [0.15, 0.2) is 48.8 Å². The molecule has 3 nitrogen and oxygen atoms in total. The lowest BCUT2D eigenvalue weighted by molar-refractivity contribution is -0.117. The van der Waals surface area contributed by atoms with Gasteiger partial charge in [0, 0.05) is 18.3 Å². The summed E-state index contributed by atoms with van der Waals surface area (Å²) in [6.07, 6.45) is 3.70. The average Bonchev–Trinajstić information content (AvgIpc) is 2.41. The molecule has 0 N–H and O–H groups in total. The van der Waals surface area contributed by atoms with E-state index < -0.39 is 0 Å². The van der Waals surface area contributed by atoms with Crippen molar-refractivity contribution in [3.63, 3.8) is 0 Å². The van der Waals surface area contributed by atoms with E-state index in [1.165, 1.54) is 0 Å². The van der Waals surface area contributed by atoms with Crippen LogP contribution in [0, 0.1) is 0 Å². The Hall–Kier alpha value is -1.87. The van der Waals surface area contributed by atoms with E-state index in [2.05, 4.69) is 4.98 Å². The fourth-order valence-electron chi connectivity index (χ4n) is 1.59. The first kappa shape index (κ1) is 12.6.